The minimum atomic E-state index is -4.57. The molecule has 0 aliphatic carbocycles. The van der Waals surface area contributed by atoms with E-state index in [1.165, 1.54) is 6.07 Å². The predicted molar refractivity (Wildman–Crippen MR) is 133 cm³/mol. The molecular weight excluding hydrogens is 538 g/mol. The number of hydrogen-bond acceptors (Lipinski definition) is 5. The van der Waals surface area contributed by atoms with Crippen LogP contribution in [-0.2, 0) is 17.5 Å². The fourth-order valence-electron chi connectivity index (χ4n) is 3.12. The molecule has 36 heavy (non-hydrogen) atoms. The summed E-state index contributed by atoms with van der Waals surface area (Å²) in [4.78, 5) is 25.0. The first-order chi connectivity index (χ1) is 17.0. The van der Waals surface area contributed by atoms with Crippen molar-refractivity contribution in [2.24, 2.45) is 0 Å². The number of anilines is 1. The van der Waals surface area contributed by atoms with E-state index in [9.17, 15) is 22.8 Å². The standard InChI is InChI=1S/C23H20Cl2F3N5O2S/c1-3-9-33-20(13(2)29-21(35)14-5-4-6-16(24)10-14)31-32-22(33)36-12-19(34)30-18-11-15(23(26,27)28)7-8-17(18)25/h3-8,10-11,13H,1,9,12H2,2H3,(H,29,35)(H,30,34). The van der Waals surface area contributed by atoms with Gasteiger partial charge >= 0.3 is 6.18 Å². The molecule has 1 heterocycles. The van der Waals surface area contributed by atoms with Crippen LogP contribution >= 0.6 is 35.0 Å². The summed E-state index contributed by atoms with van der Waals surface area (Å²) in [6.07, 6.45) is -2.97. The van der Waals surface area contributed by atoms with Gasteiger partial charge in [0.25, 0.3) is 5.91 Å². The van der Waals surface area contributed by atoms with Crippen molar-refractivity contribution in [3.05, 3.63) is 82.1 Å². The minimum absolute atomic E-state index is 0.0252. The first-order valence-electron chi connectivity index (χ1n) is 10.4. The molecule has 7 nitrogen and oxygen atoms in total. The number of carbonyl (C=O) groups excluding carboxylic acids is 2. The molecule has 0 aliphatic rings. The normalized spacial score (nSPS) is 12.2. The van der Waals surface area contributed by atoms with Crippen LogP contribution in [0, 0.1) is 0 Å². The maximum atomic E-state index is 13.0. The third-order valence-electron chi connectivity index (χ3n) is 4.78. The van der Waals surface area contributed by atoms with E-state index in [1.807, 2.05) is 0 Å². The zero-order chi connectivity index (χ0) is 26.5. The molecule has 1 atom stereocenters. The lowest BCUT2D eigenvalue weighted by atomic mass is 10.2. The molecule has 190 valence electrons. The third-order valence-corrected chi connectivity index (χ3v) is 6.31. The molecule has 2 amide bonds. The third kappa shape index (κ3) is 7.02. The van der Waals surface area contributed by atoms with Gasteiger partial charge < -0.3 is 15.2 Å². The molecule has 0 bridgehead atoms. The highest BCUT2D eigenvalue weighted by atomic mass is 35.5. The number of amides is 2. The summed E-state index contributed by atoms with van der Waals surface area (Å²) in [5.74, 6) is -0.692. The van der Waals surface area contributed by atoms with Crippen LogP contribution in [0.2, 0.25) is 10.0 Å². The van der Waals surface area contributed by atoms with E-state index in [2.05, 4.69) is 27.4 Å². The minimum Gasteiger partial charge on any atom is -0.342 e. The summed E-state index contributed by atoms with van der Waals surface area (Å²) in [5, 5.41) is 14.2. The number of nitrogens with zero attached hydrogens (tertiary/aromatic N) is 3. The summed E-state index contributed by atoms with van der Waals surface area (Å²) in [6.45, 7) is 5.73. The predicted octanol–water partition coefficient (Wildman–Crippen LogP) is 6.01. The average molecular weight is 558 g/mol. The van der Waals surface area contributed by atoms with E-state index in [1.54, 1.807) is 35.8 Å². The summed E-state index contributed by atoms with van der Waals surface area (Å²) in [5.41, 5.74) is -0.703. The molecule has 2 aromatic carbocycles. The van der Waals surface area contributed by atoms with Crippen LogP contribution in [0.4, 0.5) is 18.9 Å². The second kappa shape index (κ2) is 11.8. The Labute approximate surface area is 219 Å². The van der Waals surface area contributed by atoms with Crippen molar-refractivity contribution >= 4 is 52.5 Å². The van der Waals surface area contributed by atoms with Gasteiger partial charge in [-0.3, -0.25) is 9.59 Å². The summed E-state index contributed by atoms with van der Waals surface area (Å²) in [7, 11) is 0. The average Bonchev–Trinajstić information content (AvgIpc) is 3.21. The number of hydrogen-bond donors (Lipinski definition) is 2. The largest absolute Gasteiger partial charge is 0.416 e. The number of halogens is 5. The fourth-order valence-corrected chi connectivity index (χ4v) is 4.23. The van der Waals surface area contributed by atoms with E-state index < -0.39 is 23.7 Å². The Kier molecular flexibility index (Phi) is 9.04. The molecule has 3 aromatic rings. The molecule has 0 spiro atoms. The Morgan fingerprint density at radius 1 is 1.19 bits per heavy atom. The van der Waals surface area contributed by atoms with Gasteiger partial charge in [-0.2, -0.15) is 13.2 Å². The Balaban J connectivity index is 1.69. The first-order valence-corrected chi connectivity index (χ1v) is 12.1. The van der Waals surface area contributed by atoms with Gasteiger partial charge in [-0.05, 0) is 43.3 Å². The summed E-state index contributed by atoms with van der Waals surface area (Å²) < 4.78 is 40.6. The van der Waals surface area contributed by atoms with Gasteiger partial charge in [0.1, 0.15) is 0 Å². The molecule has 0 radical (unpaired) electrons. The van der Waals surface area contributed by atoms with Crippen LogP contribution in [0.1, 0.15) is 34.7 Å². The highest BCUT2D eigenvalue weighted by molar-refractivity contribution is 7.99. The van der Waals surface area contributed by atoms with Gasteiger partial charge in [0, 0.05) is 17.1 Å². The number of alkyl halides is 3. The molecule has 0 aliphatic heterocycles. The molecule has 1 aromatic heterocycles. The topological polar surface area (TPSA) is 88.9 Å². The number of aromatic nitrogens is 3. The van der Waals surface area contributed by atoms with Crippen LogP contribution in [0.3, 0.4) is 0 Å². The number of thioether (sulfide) groups is 1. The van der Waals surface area contributed by atoms with Crippen molar-refractivity contribution in [1.82, 2.24) is 20.1 Å². The summed E-state index contributed by atoms with van der Waals surface area (Å²) >= 11 is 12.9. The number of benzene rings is 2. The van der Waals surface area contributed by atoms with E-state index in [4.69, 9.17) is 23.2 Å². The lowest BCUT2D eigenvalue weighted by Gasteiger charge is -2.15. The number of nitrogens with one attached hydrogen (secondary N) is 2. The lowest BCUT2D eigenvalue weighted by molar-refractivity contribution is -0.137. The second-order valence-corrected chi connectivity index (χ2v) is 9.26. The summed E-state index contributed by atoms with van der Waals surface area (Å²) in [6, 6.07) is 8.60. The van der Waals surface area contributed by atoms with Crippen LogP contribution in [-0.4, -0.2) is 32.3 Å². The van der Waals surface area contributed by atoms with E-state index in [0.717, 1.165) is 30.0 Å². The van der Waals surface area contributed by atoms with Crippen LogP contribution in [0.15, 0.2) is 60.3 Å². The van der Waals surface area contributed by atoms with Crippen molar-refractivity contribution in [2.75, 3.05) is 11.1 Å². The van der Waals surface area contributed by atoms with Gasteiger partial charge in [-0.25, -0.2) is 0 Å². The Morgan fingerprint density at radius 3 is 2.61 bits per heavy atom. The Hall–Kier alpha value is -3.02. The van der Waals surface area contributed by atoms with Crippen molar-refractivity contribution in [3.8, 4) is 0 Å². The smallest absolute Gasteiger partial charge is 0.342 e. The highest BCUT2D eigenvalue weighted by Crippen LogP contribution is 2.34. The number of carbonyl (C=O) groups is 2. The maximum absolute atomic E-state index is 13.0. The zero-order valence-corrected chi connectivity index (χ0v) is 21.1. The SMILES string of the molecule is C=CCn1c(SCC(=O)Nc2cc(C(F)(F)F)ccc2Cl)nnc1C(C)NC(=O)c1cccc(Cl)c1. The molecule has 2 N–H and O–H groups in total. The van der Waals surface area contributed by atoms with Crippen LogP contribution in [0.25, 0.3) is 0 Å². The Morgan fingerprint density at radius 2 is 1.94 bits per heavy atom. The van der Waals surface area contributed by atoms with Crippen LogP contribution < -0.4 is 10.6 Å². The van der Waals surface area contributed by atoms with Crippen molar-refractivity contribution in [3.63, 3.8) is 0 Å². The second-order valence-electron chi connectivity index (χ2n) is 7.47. The van der Waals surface area contributed by atoms with Crippen molar-refractivity contribution < 1.29 is 22.8 Å². The van der Waals surface area contributed by atoms with Gasteiger partial charge in [0.2, 0.25) is 5.91 Å². The number of rotatable bonds is 9. The van der Waals surface area contributed by atoms with E-state index in [0.29, 0.717) is 28.1 Å². The number of allylic oxidation sites excluding steroid dienone is 1. The van der Waals surface area contributed by atoms with Gasteiger partial charge in [0.15, 0.2) is 11.0 Å². The maximum Gasteiger partial charge on any atom is 0.416 e. The van der Waals surface area contributed by atoms with Gasteiger partial charge in [-0.1, -0.05) is 47.1 Å². The van der Waals surface area contributed by atoms with Crippen molar-refractivity contribution in [2.45, 2.75) is 30.8 Å². The van der Waals surface area contributed by atoms with E-state index >= 15 is 0 Å². The highest BCUT2D eigenvalue weighted by Gasteiger charge is 2.31. The fraction of sp³-hybridized carbons (Fsp3) is 0.217. The quantitative estimate of drug-likeness (QED) is 0.248. The molecule has 1 unspecified atom stereocenters. The molecule has 0 fully saturated rings. The molecule has 0 saturated heterocycles. The first kappa shape index (κ1) is 27.6. The Bertz CT molecular complexity index is 1280. The van der Waals surface area contributed by atoms with Crippen molar-refractivity contribution in [1.29, 1.82) is 0 Å². The van der Waals surface area contributed by atoms with E-state index in [-0.39, 0.29) is 22.4 Å². The molecular formula is C23H20Cl2F3N5O2S. The monoisotopic (exact) mass is 557 g/mol. The van der Waals surface area contributed by atoms with Gasteiger partial charge in [-0.15, -0.1) is 16.8 Å². The zero-order valence-electron chi connectivity index (χ0n) is 18.8. The molecule has 13 heteroatoms. The lowest BCUT2D eigenvalue weighted by Crippen LogP contribution is -2.28. The van der Waals surface area contributed by atoms with Gasteiger partial charge in [0.05, 0.1) is 28.1 Å². The molecule has 3 rings (SSSR count). The van der Waals surface area contributed by atoms with Crippen LogP contribution in [0.5, 0.6) is 0 Å². The molecule has 0 saturated carbocycles.